The van der Waals surface area contributed by atoms with Crippen molar-refractivity contribution in [1.29, 1.82) is 0 Å². The predicted octanol–water partition coefficient (Wildman–Crippen LogP) is 3.87. The van der Waals surface area contributed by atoms with Crippen LogP contribution < -0.4 is 4.74 Å². The minimum absolute atomic E-state index is 0.326. The molecule has 3 heteroatoms. The van der Waals surface area contributed by atoms with E-state index in [0.717, 1.165) is 38.2 Å². The molecule has 2 aliphatic heterocycles. The van der Waals surface area contributed by atoms with Crippen molar-refractivity contribution in [3.8, 4) is 5.75 Å². The van der Waals surface area contributed by atoms with Crippen molar-refractivity contribution < 1.29 is 9.47 Å². The number of halogens is 1. The molecule has 2 unspecified atom stereocenters. The fourth-order valence-electron chi connectivity index (χ4n) is 2.89. The first-order chi connectivity index (χ1) is 8.74. The Balaban J connectivity index is 1.78. The molecule has 1 aromatic rings. The molecule has 2 nitrogen and oxygen atoms in total. The van der Waals surface area contributed by atoms with Crippen molar-refractivity contribution in [2.24, 2.45) is 5.92 Å². The lowest BCUT2D eigenvalue weighted by Crippen LogP contribution is -2.19. The van der Waals surface area contributed by atoms with E-state index >= 15 is 0 Å². The number of ether oxygens (including phenoxy) is 2. The Hall–Kier alpha value is -0.540. The van der Waals surface area contributed by atoms with Gasteiger partial charge in [0.25, 0.3) is 0 Å². The van der Waals surface area contributed by atoms with E-state index in [1.165, 1.54) is 11.1 Å². The zero-order valence-corrected chi connectivity index (χ0v) is 12.3. The van der Waals surface area contributed by atoms with Crippen molar-refractivity contribution >= 4 is 15.9 Å². The molecular weight excluding hydrogens is 292 g/mol. The number of hydrogen-bond donors (Lipinski definition) is 0. The molecule has 2 atom stereocenters. The molecule has 0 aromatic heterocycles. The smallest absolute Gasteiger partial charge is 0.123 e. The molecule has 2 heterocycles. The van der Waals surface area contributed by atoms with Crippen molar-refractivity contribution in [2.45, 2.75) is 37.1 Å². The molecule has 1 saturated heterocycles. The second-order valence-electron chi connectivity index (χ2n) is 5.35. The molecule has 98 valence electrons. The molecule has 2 aliphatic rings. The van der Waals surface area contributed by atoms with Gasteiger partial charge in [-0.05, 0) is 42.9 Å². The third-order valence-corrected chi connectivity index (χ3v) is 5.19. The maximum absolute atomic E-state index is 5.75. The van der Waals surface area contributed by atoms with Gasteiger partial charge in [0.1, 0.15) is 11.9 Å². The van der Waals surface area contributed by atoms with Crippen LogP contribution in [0.3, 0.4) is 0 Å². The second-order valence-corrected chi connectivity index (χ2v) is 6.34. The van der Waals surface area contributed by atoms with E-state index in [1.54, 1.807) is 0 Å². The van der Waals surface area contributed by atoms with Gasteiger partial charge in [-0.25, -0.2) is 0 Å². The first kappa shape index (κ1) is 12.5. The minimum Gasteiger partial charge on any atom is -0.490 e. The molecule has 1 aromatic carbocycles. The average molecular weight is 311 g/mol. The highest BCUT2D eigenvalue weighted by Gasteiger charge is 2.25. The van der Waals surface area contributed by atoms with Gasteiger partial charge >= 0.3 is 0 Å². The summed E-state index contributed by atoms with van der Waals surface area (Å²) in [6.07, 6.45) is 3.67. The van der Waals surface area contributed by atoms with Crippen LogP contribution in [0, 0.1) is 5.92 Å². The van der Waals surface area contributed by atoms with Gasteiger partial charge in [0.05, 0.1) is 0 Å². The topological polar surface area (TPSA) is 18.5 Å². The zero-order chi connectivity index (χ0) is 12.5. The van der Waals surface area contributed by atoms with Crippen LogP contribution >= 0.6 is 15.9 Å². The first-order valence-corrected chi connectivity index (χ1v) is 7.67. The molecular formula is C15H19BrO2. The van der Waals surface area contributed by atoms with E-state index < -0.39 is 0 Å². The standard InChI is InChI=1S/C15H19BrO2/c1-10-8-13-9-12(2-3-14(13)18-10)15(16)11-4-6-17-7-5-11/h2-3,9-11,15H,4-8H2,1H3. The van der Waals surface area contributed by atoms with Gasteiger partial charge in [-0.15, -0.1) is 0 Å². The summed E-state index contributed by atoms with van der Waals surface area (Å²) in [5.41, 5.74) is 2.75. The first-order valence-electron chi connectivity index (χ1n) is 6.75. The summed E-state index contributed by atoms with van der Waals surface area (Å²) in [5.74, 6) is 1.76. The summed E-state index contributed by atoms with van der Waals surface area (Å²) in [6.45, 7) is 3.93. The summed E-state index contributed by atoms with van der Waals surface area (Å²) in [4.78, 5) is 0.447. The Morgan fingerprint density at radius 3 is 2.83 bits per heavy atom. The Kier molecular flexibility index (Phi) is 3.62. The van der Waals surface area contributed by atoms with Crippen molar-refractivity contribution in [3.05, 3.63) is 29.3 Å². The molecule has 0 bridgehead atoms. The van der Waals surface area contributed by atoms with Crippen molar-refractivity contribution in [2.75, 3.05) is 13.2 Å². The molecule has 3 rings (SSSR count). The van der Waals surface area contributed by atoms with Gasteiger partial charge in [0.2, 0.25) is 0 Å². The fraction of sp³-hybridized carbons (Fsp3) is 0.600. The van der Waals surface area contributed by atoms with Crippen LogP contribution in [0.25, 0.3) is 0 Å². The van der Waals surface area contributed by atoms with Gasteiger partial charge in [-0.1, -0.05) is 28.1 Å². The lowest BCUT2D eigenvalue weighted by atomic mass is 9.91. The lowest BCUT2D eigenvalue weighted by Gasteiger charge is -2.27. The zero-order valence-electron chi connectivity index (χ0n) is 10.7. The van der Waals surface area contributed by atoms with Gasteiger partial charge < -0.3 is 9.47 Å². The largest absolute Gasteiger partial charge is 0.490 e. The molecule has 0 saturated carbocycles. The SMILES string of the molecule is CC1Cc2cc(C(Br)C3CCOCC3)ccc2O1. The third-order valence-electron chi connectivity index (χ3n) is 3.92. The van der Waals surface area contributed by atoms with E-state index in [-0.39, 0.29) is 0 Å². The number of benzene rings is 1. The maximum atomic E-state index is 5.75. The molecule has 0 N–H and O–H groups in total. The van der Waals surface area contributed by atoms with Crippen LogP contribution in [-0.4, -0.2) is 19.3 Å². The van der Waals surface area contributed by atoms with E-state index in [9.17, 15) is 0 Å². The highest BCUT2D eigenvalue weighted by atomic mass is 79.9. The highest BCUT2D eigenvalue weighted by molar-refractivity contribution is 9.09. The Morgan fingerprint density at radius 1 is 1.28 bits per heavy atom. The number of hydrogen-bond acceptors (Lipinski definition) is 2. The minimum atomic E-state index is 0.326. The molecule has 0 aliphatic carbocycles. The summed E-state index contributed by atoms with van der Waals surface area (Å²) in [6, 6.07) is 6.64. The Labute approximate surface area is 117 Å². The highest BCUT2D eigenvalue weighted by Crippen LogP contribution is 2.39. The van der Waals surface area contributed by atoms with Gasteiger partial charge in [0.15, 0.2) is 0 Å². The van der Waals surface area contributed by atoms with Crippen LogP contribution in [0.1, 0.15) is 35.7 Å². The molecule has 0 radical (unpaired) electrons. The Morgan fingerprint density at radius 2 is 2.06 bits per heavy atom. The lowest BCUT2D eigenvalue weighted by molar-refractivity contribution is 0.0662. The average Bonchev–Trinajstić information content (AvgIpc) is 2.78. The predicted molar refractivity (Wildman–Crippen MR) is 75.4 cm³/mol. The van der Waals surface area contributed by atoms with Gasteiger partial charge in [-0.2, -0.15) is 0 Å². The third kappa shape index (κ3) is 2.43. The quantitative estimate of drug-likeness (QED) is 0.772. The summed E-state index contributed by atoms with van der Waals surface area (Å²) in [5, 5.41) is 0. The van der Waals surface area contributed by atoms with Crippen LogP contribution in [0.15, 0.2) is 18.2 Å². The Bertz CT molecular complexity index is 427. The summed E-state index contributed by atoms with van der Waals surface area (Å²) in [7, 11) is 0. The molecule has 18 heavy (non-hydrogen) atoms. The van der Waals surface area contributed by atoms with E-state index in [4.69, 9.17) is 9.47 Å². The van der Waals surface area contributed by atoms with E-state index in [2.05, 4.69) is 41.1 Å². The van der Waals surface area contributed by atoms with Gasteiger partial charge in [0, 0.05) is 24.5 Å². The monoisotopic (exact) mass is 310 g/mol. The van der Waals surface area contributed by atoms with Crippen LogP contribution in [-0.2, 0) is 11.2 Å². The number of rotatable bonds is 2. The fourth-order valence-corrected chi connectivity index (χ4v) is 3.71. The second kappa shape index (κ2) is 5.22. The molecule has 0 spiro atoms. The van der Waals surface area contributed by atoms with E-state index in [1.807, 2.05) is 0 Å². The van der Waals surface area contributed by atoms with E-state index in [0.29, 0.717) is 16.8 Å². The van der Waals surface area contributed by atoms with Crippen LogP contribution in [0.5, 0.6) is 5.75 Å². The number of alkyl halides is 1. The van der Waals surface area contributed by atoms with Crippen molar-refractivity contribution in [3.63, 3.8) is 0 Å². The van der Waals surface area contributed by atoms with Crippen LogP contribution in [0.2, 0.25) is 0 Å². The summed E-state index contributed by atoms with van der Waals surface area (Å²) >= 11 is 3.87. The normalized spacial score (nSPS) is 25.6. The molecule has 1 fully saturated rings. The number of fused-ring (bicyclic) bond motifs is 1. The molecule has 0 amide bonds. The van der Waals surface area contributed by atoms with Crippen LogP contribution in [0.4, 0.5) is 0 Å². The van der Waals surface area contributed by atoms with Crippen molar-refractivity contribution in [1.82, 2.24) is 0 Å². The maximum Gasteiger partial charge on any atom is 0.123 e. The summed E-state index contributed by atoms with van der Waals surface area (Å²) < 4.78 is 11.2. The van der Waals surface area contributed by atoms with Gasteiger partial charge in [-0.3, -0.25) is 0 Å².